The maximum atomic E-state index is 12.4. The minimum absolute atomic E-state index is 0.0883. The van der Waals surface area contributed by atoms with Crippen LogP contribution in [0.2, 0.25) is 0 Å². The van der Waals surface area contributed by atoms with Crippen molar-refractivity contribution < 1.29 is 9.53 Å². The summed E-state index contributed by atoms with van der Waals surface area (Å²) in [7, 11) is 3.44. The predicted octanol–water partition coefficient (Wildman–Crippen LogP) is 3.72. The van der Waals surface area contributed by atoms with Crippen molar-refractivity contribution in [2.45, 2.75) is 13.3 Å². The average molecular weight is 401 g/mol. The molecule has 4 rings (SSSR count). The summed E-state index contributed by atoms with van der Waals surface area (Å²) in [5.74, 6) is 1.10. The Hall–Kier alpha value is -3.87. The molecule has 30 heavy (non-hydrogen) atoms. The summed E-state index contributed by atoms with van der Waals surface area (Å²) in [6.07, 6.45) is 0.273. The second-order valence-electron chi connectivity index (χ2n) is 7.17. The fourth-order valence-corrected chi connectivity index (χ4v) is 3.54. The molecule has 3 N–H and O–H groups in total. The Bertz CT molecular complexity index is 1230. The summed E-state index contributed by atoms with van der Waals surface area (Å²) in [5.41, 5.74) is 11.3. The van der Waals surface area contributed by atoms with Crippen LogP contribution in [0.1, 0.15) is 11.3 Å². The number of carbonyl (C=O) groups is 1. The maximum absolute atomic E-state index is 12.4. The molecule has 0 radical (unpaired) electrons. The molecule has 0 atom stereocenters. The minimum Gasteiger partial charge on any atom is -0.497 e. The first-order valence-corrected chi connectivity index (χ1v) is 9.57. The molecule has 7 nitrogen and oxygen atoms in total. The molecule has 1 amide bonds. The van der Waals surface area contributed by atoms with E-state index in [1.54, 1.807) is 11.8 Å². The topological polar surface area (TPSA) is 95.1 Å². The van der Waals surface area contributed by atoms with Crippen LogP contribution < -0.4 is 15.8 Å². The molecule has 0 bridgehead atoms. The number of benzene rings is 2. The zero-order chi connectivity index (χ0) is 21.3. The molecule has 0 aliphatic rings. The van der Waals surface area contributed by atoms with Crippen LogP contribution in [0.15, 0.2) is 54.6 Å². The minimum atomic E-state index is -0.0883. The summed E-state index contributed by atoms with van der Waals surface area (Å²) >= 11 is 0. The highest BCUT2D eigenvalue weighted by atomic mass is 16.5. The van der Waals surface area contributed by atoms with E-state index < -0.39 is 0 Å². The second-order valence-corrected chi connectivity index (χ2v) is 7.17. The van der Waals surface area contributed by atoms with Gasteiger partial charge in [-0.1, -0.05) is 24.3 Å². The first-order valence-electron chi connectivity index (χ1n) is 9.57. The molecule has 0 saturated heterocycles. The van der Waals surface area contributed by atoms with Crippen molar-refractivity contribution in [2.24, 2.45) is 7.05 Å². The van der Waals surface area contributed by atoms with Crippen LogP contribution in [0.5, 0.6) is 5.75 Å². The zero-order valence-electron chi connectivity index (χ0n) is 17.1. The third-order valence-corrected chi connectivity index (χ3v) is 4.93. The molecule has 0 aliphatic heterocycles. The number of nitrogens with zero attached hydrogens (tertiary/aromatic N) is 3. The average Bonchev–Trinajstić information content (AvgIpc) is 3.01. The third kappa shape index (κ3) is 3.82. The van der Waals surface area contributed by atoms with Gasteiger partial charge in [0.25, 0.3) is 0 Å². The maximum Gasteiger partial charge on any atom is 0.228 e. The van der Waals surface area contributed by atoms with Crippen LogP contribution in [0.25, 0.3) is 22.2 Å². The smallest absolute Gasteiger partial charge is 0.228 e. The number of amides is 1. The largest absolute Gasteiger partial charge is 0.497 e. The lowest BCUT2D eigenvalue weighted by Gasteiger charge is -2.09. The number of hydrogen-bond acceptors (Lipinski definition) is 5. The highest BCUT2D eigenvalue weighted by Gasteiger charge is 2.14. The number of aromatic nitrogens is 3. The van der Waals surface area contributed by atoms with Gasteiger partial charge < -0.3 is 15.8 Å². The number of rotatable bonds is 5. The number of nitrogen functional groups attached to an aromatic ring is 1. The quantitative estimate of drug-likeness (QED) is 0.531. The molecular formula is C23H23N5O2. The van der Waals surface area contributed by atoms with Crippen molar-refractivity contribution in [2.75, 3.05) is 18.2 Å². The van der Waals surface area contributed by atoms with Crippen molar-refractivity contribution in [1.82, 2.24) is 14.8 Å². The van der Waals surface area contributed by atoms with E-state index in [-0.39, 0.29) is 12.3 Å². The Labute approximate surface area is 174 Å². The van der Waals surface area contributed by atoms with Crippen molar-refractivity contribution in [3.8, 4) is 16.9 Å². The van der Waals surface area contributed by atoms with Crippen LogP contribution in [-0.2, 0) is 18.3 Å². The van der Waals surface area contributed by atoms with E-state index in [0.29, 0.717) is 5.82 Å². The van der Waals surface area contributed by atoms with E-state index in [0.717, 1.165) is 44.9 Å². The number of aryl methyl sites for hydroxylation is 2. The van der Waals surface area contributed by atoms with Gasteiger partial charge in [-0.2, -0.15) is 5.10 Å². The van der Waals surface area contributed by atoms with E-state index in [9.17, 15) is 4.79 Å². The number of anilines is 2. The first-order chi connectivity index (χ1) is 14.4. The van der Waals surface area contributed by atoms with Gasteiger partial charge in [0, 0.05) is 18.4 Å². The summed E-state index contributed by atoms with van der Waals surface area (Å²) in [5, 5.41) is 8.06. The lowest BCUT2D eigenvalue weighted by molar-refractivity contribution is -0.115. The third-order valence-electron chi connectivity index (χ3n) is 4.93. The van der Waals surface area contributed by atoms with E-state index in [2.05, 4.69) is 15.4 Å². The van der Waals surface area contributed by atoms with Gasteiger partial charge in [-0.15, -0.1) is 0 Å². The molecule has 4 aromatic rings. The fraction of sp³-hybridized carbons (Fsp3) is 0.174. The number of nitrogens with one attached hydrogen (secondary N) is 1. The number of hydrogen-bond donors (Lipinski definition) is 2. The summed E-state index contributed by atoms with van der Waals surface area (Å²) in [6.45, 7) is 1.94. The molecule has 0 unspecified atom stereocenters. The normalized spacial score (nSPS) is 10.9. The van der Waals surface area contributed by atoms with Gasteiger partial charge in [-0.3, -0.25) is 4.79 Å². The van der Waals surface area contributed by atoms with Gasteiger partial charge in [0.2, 0.25) is 5.91 Å². The number of nitrogens with two attached hydrogens (primary N) is 1. The van der Waals surface area contributed by atoms with Crippen molar-refractivity contribution >= 4 is 28.4 Å². The van der Waals surface area contributed by atoms with Crippen molar-refractivity contribution in [1.29, 1.82) is 0 Å². The molecule has 152 valence electrons. The van der Waals surface area contributed by atoms with Gasteiger partial charge in [0.05, 0.1) is 18.9 Å². The number of fused-ring (bicyclic) bond motifs is 1. The molecule has 0 aliphatic carbocycles. The van der Waals surface area contributed by atoms with Crippen LogP contribution in [0, 0.1) is 6.92 Å². The summed E-state index contributed by atoms with van der Waals surface area (Å²) in [4.78, 5) is 17.0. The Kier molecular flexibility index (Phi) is 5.10. The predicted molar refractivity (Wildman–Crippen MR) is 118 cm³/mol. The Morgan fingerprint density at radius 3 is 2.67 bits per heavy atom. The van der Waals surface area contributed by atoms with Gasteiger partial charge in [-0.05, 0) is 53.9 Å². The molecule has 7 heteroatoms. The molecule has 0 spiro atoms. The molecule has 0 saturated carbocycles. The molecule has 2 aromatic heterocycles. The van der Waals surface area contributed by atoms with Crippen LogP contribution in [0.3, 0.4) is 0 Å². The van der Waals surface area contributed by atoms with Crippen molar-refractivity contribution in [3.05, 3.63) is 65.9 Å². The first kappa shape index (κ1) is 19.4. The van der Waals surface area contributed by atoms with E-state index in [4.69, 9.17) is 10.5 Å². The van der Waals surface area contributed by atoms with E-state index in [1.165, 1.54) is 0 Å². The number of pyridine rings is 1. The van der Waals surface area contributed by atoms with E-state index >= 15 is 0 Å². The molecule has 0 fully saturated rings. The SMILES string of the molecule is COc1cccc(CC(=O)Nc2ccc(-c3cc(C)nc4c3c(N)nn4C)cc2)c1. The standard InChI is InChI=1S/C23H23N5O2/c1-14-11-19(21-22(24)27-28(2)23(21)25-14)16-7-9-17(10-8-16)26-20(29)13-15-5-4-6-18(12-15)30-3/h4-12H,13H2,1-3H3,(H2,24,27)(H,26,29). The van der Waals surface area contributed by atoms with Gasteiger partial charge in [0.1, 0.15) is 5.75 Å². The lowest BCUT2D eigenvalue weighted by Crippen LogP contribution is -2.14. The molecule has 2 aromatic carbocycles. The molecule has 2 heterocycles. The van der Waals surface area contributed by atoms with Crippen LogP contribution in [0.4, 0.5) is 11.5 Å². The molecular weight excluding hydrogens is 378 g/mol. The highest BCUT2D eigenvalue weighted by Crippen LogP contribution is 2.32. The summed E-state index contributed by atoms with van der Waals surface area (Å²) in [6, 6.07) is 17.2. The zero-order valence-corrected chi connectivity index (χ0v) is 17.1. The number of carbonyl (C=O) groups excluding carboxylic acids is 1. The van der Waals surface area contributed by atoms with Crippen LogP contribution >= 0.6 is 0 Å². The Morgan fingerprint density at radius 2 is 1.93 bits per heavy atom. The number of methoxy groups -OCH3 is 1. The fourth-order valence-electron chi connectivity index (χ4n) is 3.54. The van der Waals surface area contributed by atoms with Crippen LogP contribution in [-0.4, -0.2) is 27.8 Å². The van der Waals surface area contributed by atoms with Crippen molar-refractivity contribution in [3.63, 3.8) is 0 Å². The van der Waals surface area contributed by atoms with Gasteiger partial charge >= 0.3 is 0 Å². The van der Waals surface area contributed by atoms with Gasteiger partial charge in [0.15, 0.2) is 11.5 Å². The monoisotopic (exact) mass is 401 g/mol. The van der Waals surface area contributed by atoms with E-state index in [1.807, 2.05) is 68.6 Å². The van der Waals surface area contributed by atoms with Gasteiger partial charge in [-0.25, -0.2) is 9.67 Å². The Balaban J connectivity index is 1.55. The lowest BCUT2D eigenvalue weighted by atomic mass is 10.0. The Morgan fingerprint density at radius 1 is 1.17 bits per heavy atom. The second kappa shape index (κ2) is 7.87. The highest BCUT2D eigenvalue weighted by molar-refractivity contribution is 6.00. The number of ether oxygens (including phenoxy) is 1. The summed E-state index contributed by atoms with van der Waals surface area (Å²) < 4.78 is 6.90.